The van der Waals surface area contributed by atoms with Gasteiger partial charge in [-0.2, -0.15) is 0 Å². The molecule has 1 aromatic rings. The van der Waals surface area contributed by atoms with Crippen LogP contribution in [0.1, 0.15) is 18.1 Å². The van der Waals surface area contributed by atoms with Crippen molar-refractivity contribution in [3.8, 4) is 0 Å². The molecule has 1 saturated heterocycles. The van der Waals surface area contributed by atoms with Gasteiger partial charge in [-0.15, -0.1) is 0 Å². The molecule has 0 spiro atoms. The molecule has 1 aliphatic heterocycles. The van der Waals surface area contributed by atoms with Crippen LogP contribution in [0.4, 0.5) is 0 Å². The van der Waals surface area contributed by atoms with Crippen molar-refractivity contribution in [1.82, 2.24) is 5.32 Å². The Kier molecular flexibility index (Phi) is 5.19. The minimum atomic E-state index is -0.190. The highest BCUT2D eigenvalue weighted by Gasteiger charge is 2.24. The van der Waals surface area contributed by atoms with Gasteiger partial charge in [0.05, 0.1) is 18.6 Å². The van der Waals surface area contributed by atoms with Crippen LogP contribution in [0.3, 0.4) is 0 Å². The number of carbonyl (C=O) groups is 1. The molecule has 4 nitrogen and oxygen atoms in total. The number of nitrogens with one attached hydrogen (secondary N) is 1. The van der Waals surface area contributed by atoms with Crippen LogP contribution in [0.2, 0.25) is 5.02 Å². The Hall–Kier alpha value is -1.10. The van der Waals surface area contributed by atoms with Gasteiger partial charge in [0.15, 0.2) is 0 Å². The van der Waals surface area contributed by atoms with E-state index < -0.39 is 0 Å². The number of benzene rings is 1. The van der Waals surface area contributed by atoms with E-state index in [4.69, 9.17) is 21.1 Å². The summed E-state index contributed by atoms with van der Waals surface area (Å²) in [5.74, 6) is -0.00144. The molecule has 1 aromatic carbocycles. The van der Waals surface area contributed by atoms with Gasteiger partial charge < -0.3 is 14.8 Å². The molecule has 1 amide bonds. The second-order valence-electron chi connectivity index (χ2n) is 4.59. The molecule has 0 aliphatic carbocycles. The smallest absolute Gasteiger partial charge is 0.225 e. The van der Waals surface area contributed by atoms with Gasteiger partial charge in [-0.1, -0.05) is 23.7 Å². The fourth-order valence-corrected chi connectivity index (χ4v) is 2.32. The van der Waals surface area contributed by atoms with E-state index in [2.05, 4.69) is 5.32 Å². The van der Waals surface area contributed by atoms with Crippen molar-refractivity contribution < 1.29 is 14.3 Å². The summed E-state index contributed by atoms with van der Waals surface area (Å²) in [7, 11) is 1.62. The summed E-state index contributed by atoms with van der Waals surface area (Å²) < 4.78 is 10.6. The van der Waals surface area contributed by atoms with E-state index in [1.807, 2.05) is 24.3 Å². The van der Waals surface area contributed by atoms with Crippen molar-refractivity contribution in [2.24, 2.45) is 5.92 Å². The third kappa shape index (κ3) is 3.93. The minimum absolute atomic E-state index is 0.0292. The zero-order valence-corrected chi connectivity index (χ0v) is 11.7. The maximum atomic E-state index is 11.9. The number of hydrogen-bond acceptors (Lipinski definition) is 3. The average Bonchev–Trinajstić information content (AvgIpc) is 2.93. The second kappa shape index (κ2) is 6.89. The van der Waals surface area contributed by atoms with Crippen molar-refractivity contribution in [2.45, 2.75) is 12.5 Å². The summed E-state index contributed by atoms with van der Waals surface area (Å²) in [6.07, 6.45) is 0.602. The number of hydrogen-bond donors (Lipinski definition) is 1. The van der Waals surface area contributed by atoms with Crippen molar-refractivity contribution in [3.05, 3.63) is 34.9 Å². The van der Waals surface area contributed by atoms with Crippen LogP contribution in [0.25, 0.3) is 0 Å². The fraction of sp³-hybridized carbons (Fsp3) is 0.500. The second-order valence-corrected chi connectivity index (χ2v) is 5.02. The van der Waals surface area contributed by atoms with E-state index in [1.54, 1.807) is 7.11 Å². The van der Waals surface area contributed by atoms with Gasteiger partial charge in [-0.3, -0.25) is 4.79 Å². The largest absolute Gasteiger partial charge is 0.381 e. The molecule has 0 unspecified atom stereocenters. The monoisotopic (exact) mass is 283 g/mol. The maximum Gasteiger partial charge on any atom is 0.225 e. The lowest BCUT2D eigenvalue weighted by Gasteiger charge is -2.18. The summed E-state index contributed by atoms with van der Waals surface area (Å²) in [5.41, 5.74) is 0.956. The van der Waals surface area contributed by atoms with Gasteiger partial charge in [-0.25, -0.2) is 0 Å². The van der Waals surface area contributed by atoms with Crippen LogP contribution in [-0.2, 0) is 14.3 Å². The Morgan fingerprint density at radius 2 is 2.47 bits per heavy atom. The molecule has 104 valence electrons. The highest BCUT2D eigenvalue weighted by Crippen LogP contribution is 2.20. The summed E-state index contributed by atoms with van der Waals surface area (Å²) in [6, 6.07) is 7.47. The first-order valence-electron chi connectivity index (χ1n) is 6.34. The number of amides is 1. The van der Waals surface area contributed by atoms with Crippen LogP contribution in [-0.4, -0.2) is 32.8 Å². The number of halogens is 1. The first-order valence-corrected chi connectivity index (χ1v) is 6.72. The Morgan fingerprint density at radius 1 is 1.63 bits per heavy atom. The van der Waals surface area contributed by atoms with E-state index in [9.17, 15) is 4.79 Å². The molecule has 0 aromatic heterocycles. The van der Waals surface area contributed by atoms with Crippen LogP contribution in [0.15, 0.2) is 24.3 Å². The van der Waals surface area contributed by atoms with E-state index in [0.717, 1.165) is 12.0 Å². The number of ether oxygens (including phenoxy) is 2. The zero-order chi connectivity index (χ0) is 13.7. The lowest BCUT2D eigenvalue weighted by atomic mass is 10.1. The quantitative estimate of drug-likeness (QED) is 0.901. The molecule has 2 atom stereocenters. The zero-order valence-electron chi connectivity index (χ0n) is 10.9. The molecule has 5 heteroatoms. The van der Waals surface area contributed by atoms with E-state index in [0.29, 0.717) is 24.8 Å². The molecular formula is C14H18ClNO3. The molecular weight excluding hydrogens is 266 g/mol. The first kappa shape index (κ1) is 14.3. The third-order valence-corrected chi connectivity index (χ3v) is 3.50. The molecule has 19 heavy (non-hydrogen) atoms. The molecule has 1 heterocycles. The lowest BCUT2D eigenvalue weighted by molar-refractivity contribution is -0.125. The maximum absolute atomic E-state index is 11.9. The predicted molar refractivity (Wildman–Crippen MR) is 73.1 cm³/mol. The minimum Gasteiger partial charge on any atom is -0.381 e. The SMILES string of the molecule is CO[C@H](CNC(=O)[C@H]1CCOC1)c1cccc(Cl)c1. The Bertz CT molecular complexity index is 432. The van der Waals surface area contributed by atoms with Gasteiger partial charge in [0.1, 0.15) is 0 Å². The van der Waals surface area contributed by atoms with Crippen molar-refractivity contribution >= 4 is 17.5 Å². The van der Waals surface area contributed by atoms with Crippen molar-refractivity contribution in [2.75, 3.05) is 26.9 Å². The number of methoxy groups -OCH3 is 1. The molecule has 0 radical (unpaired) electrons. The van der Waals surface area contributed by atoms with Crippen LogP contribution in [0.5, 0.6) is 0 Å². The number of rotatable bonds is 5. The third-order valence-electron chi connectivity index (χ3n) is 3.27. The molecule has 1 aliphatic rings. The van der Waals surface area contributed by atoms with Gasteiger partial charge in [-0.05, 0) is 24.1 Å². The summed E-state index contributed by atoms with van der Waals surface area (Å²) >= 11 is 5.95. The van der Waals surface area contributed by atoms with E-state index in [-0.39, 0.29) is 17.9 Å². The van der Waals surface area contributed by atoms with Crippen molar-refractivity contribution in [1.29, 1.82) is 0 Å². The average molecular weight is 284 g/mol. The standard InChI is InChI=1S/C14H18ClNO3/c1-18-13(10-3-2-4-12(15)7-10)8-16-14(17)11-5-6-19-9-11/h2-4,7,11,13H,5-6,8-9H2,1H3,(H,16,17)/t11-,13+/m0/s1. The Balaban J connectivity index is 1.90. The summed E-state index contributed by atoms with van der Waals surface area (Å²) in [6.45, 7) is 1.62. The van der Waals surface area contributed by atoms with Gasteiger partial charge in [0, 0.05) is 25.3 Å². The van der Waals surface area contributed by atoms with Gasteiger partial charge >= 0.3 is 0 Å². The van der Waals surface area contributed by atoms with Gasteiger partial charge in [0.25, 0.3) is 0 Å². The van der Waals surface area contributed by atoms with E-state index in [1.165, 1.54) is 0 Å². The van der Waals surface area contributed by atoms with Crippen LogP contribution >= 0.6 is 11.6 Å². The predicted octanol–water partition coefficient (Wildman–Crippen LogP) is 2.18. The summed E-state index contributed by atoms with van der Waals surface area (Å²) in [5, 5.41) is 3.57. The first-order chi connectivity index (χ1) is 9.20. The molecule has 1 fully saturated rings. The normalized spacial score (nSPS) is 20.2. The van der Waals surface area contributed by atoms with E-state index >= 15 is 0 Å². The molecule has 2 rings (SSSR count). The number of carbonyl (C=O) groups excluding carboxylic acids is 1. The van der Waals surface area contributed by atoms with Crippen molar-refractivity contribution in [3.63, 3.8) is 0 Å². The fourth-order valence-electron chi connectivity index (χ4n) is 2.12. The highest BCUT2D eigenvalue weighted by atomic mass is 35.5. The molecule has 0 saturated carbocycles. The Morgan fingerprint density at radius 3 is 3.11 bits per heavy atom. The van der Waals surface area contributed by atoms with Crippen LogP contribution < -0.4 is 5.32 Å². The highest BCUT2D eigenvalue weighted by molar-refractivity contribution is 6.30. The molecule has 1 N–H and O–H groups in total. The topological polar surface area (TPSA) is 47.6 Å². The van der Waals surface area contributed by atoms with Gasteiger partial charge in [0.2, 0.25) is 5.91 Å². The Labute approximate surface area is 118 Å². The summed E-state index contributed by atoms with van der Waals surface area (Å²) in [4.78, 5) is 11.9. The molecule has 0 bridgehead atoms. The lowest BCUT2D eigenvalue weighted by Crippen LogP contribution is -2.34. The van der Waals surface area contributed by atoms with Crippen LogP contribution in [0, 0.1) is 5.92 Å².